The van der Waals surface area contributed by atoms with Crippen LogP contribution in [0.25, 0.3) is 21.2 Å². The van der Waals surface area contributed by atoms with Crippen molar-refractivity contribution in [3.8, 4) is 0 Å². The van der Waals surface area contributed by atoms with E-state index in [2.05, 4.69) is 10.1 Å². The summed E-state index contributed by atoms with van der Waals surface area (Å²) in [6.07, 6.45) is 3.51. The topological polar surface area (TPSA) is 81.2 Å². The average molecular weight is 416 g/mol. The highest BCUT2D eigenvalue weighted by atomic mass is 32.1. The summed E-state index contributed by atoms with van der Waals surface area (Å²) in [6, 6.07) is 18.2. The van der Waals surface area contributed by atoms with Crippen LogP contribution in [0.2, 0.25) is 0 Å². The molecule has 7 nitrogen and oxygen atoms in total. The van der Waals surface area contributed by atoms with E-state index in [0.717, 1.165) is 10.2 Å². The normalized spacial score (nSPS) is 11.2. The van der Waals surface area contributed by atoms with E-state index >= 15 is 0 Å². The maximum atomic E-state index is 13.4. The van der Waals surface area contributed by atoms with Crippen LogP contribution in [0.1, 0.15) is 10.4 Å². The fourth-order valence-electron chi connectivity index (χ4n) is 3.25. The zero-order valence-corrected chi connectivity index (χ0v) is 16.6. The quantitative estimate of drug-likeness (QED) is 0.405. The van der Waals surface area contributed by atoms with Crippen molar-refractivity contribution in [2.75, 3.05) is 11.4 Å². The minimum absolute atomic E-state index is 0.0200. The maximum Gasteiger partial charge on any atom is 0.349 e. The van der Waals surface area contributed by atoms with Gasteiger partial charge >= 0.3 is 5.63 Å². The van der Waals surface area contributed by atoms with Crippen LogP contribution >= 0.6 is 11.3 Å². The molecule has 5 aromatic rings. The summed E-state index contributed by atoms with van der Waals surface area (Å²) in [4.78, 5) is 32.1. The zero-order valence-electron chi connectivity index (χ0n) is 15.8. The number of para-hydroxylation sites is 2. The molecule has 148 valence electrons. The number of fused-ring (bicyclic) bond motifs is 2. The summed E-state index contributed by atoms with van der Waals surface area (Å²) >= 11 is 1.41. The lowest BCUT2D eigenvalue weighted by atomic mass is 10.1. The Morgan fingerprint density at radius 3 is 2.77 bits per heavy atom. The zero-order chi connectivity index (χ0) is 20.5. The maximum absolute atomic E-state index is 13.4. The molecule has 0 aliphatic rings. The molecule has 0 radical (unpaired) electrons. The largest absolute Gasteiger partial charge is 0.422 e. The van der Waals surface area contributed by atoms with Crippen LogP contribution in [0.15, 0.2) is 82.3 Å². The van der Waals surface area contributed by atoms with Gasteiger partial charge in [0.05, 0.1) is 16.8 Å². The molecular weight excluding hydrogens is 400 g/mol. The molecule has 0 saturated heterocycles. The van der Waals surface area contributed by atoms with Gasteiger partial charge in [-0.1, -0.05) is 41.7 Å². The van der Waals surface area contributed by atoms with Crippen molar-refractivity contribution < 1.29 is 9.21 Å². The van der Waals surface area contributed by atoms with E-state index < -0.39 is 11.5 Å². The Hall–Kier alpha value is -3.78. The van der Waals surface area contributed by atoms with E-state index in [1.165, 1.54) is 16.2 Å². The van der Waals surface area contributed by atoms with Crippen molar-refractivity contribution in [1.29, 1.82) is 0 Å². The Labute approximate surface area is 174 Å². The molecule has 1 amide bonds. The van der Waals surface area contributed by atoms with Gasteiger partial charge in [-0.05, 0) is 30.3 Å². The summed E-state index contributed by atoms with van der Waals surface area (Å²) in [7, 11) is 0. The summed E-state index contributed by atoms with van der Waals surface area (Å²) in [6.45, 7) is 0.778. The van der Waals surface area contributed by atoms with Gasteiger partial charge in [0.2, 0.25) is 0 Å². The molecule has 3 heterocycles. The molecule has 2 aromatic carbocycles. The number of thiazole rings is 1. The van der Waals surface area contributed by atoms with Crippen LogP contribution in [-0.4, -0.2) is 27.2 Å². The van der Waals surface area contributed by atoms with Crippen LogP contribution in [0.3, 0.4) is 0 Å². The van der Waals surface area contributed by atoms with Crippen LogP contribution in [0.4, 0.5) is 5.13 Å². The number of carbonyl (C=O) groups is 1. The number of aromatic nitrogens is 3. The number of hydrogen-bond donors (Lipinski definition) is 0. The second-order valence-corrected chi connectivity index (χ2v) is 7.68. The lowest BCUT2D eigenvalue weighted by Gasteiger charge is -2.19. The van der Waals surface area contributed by atoms with Gasteiger partial charge in [0.25, 0.3) is 5.91 Å². The Bertz CT molecular complexity index is 1370. The number of carbonyl (C=O) groups excluding carboxylic acids is 1. The minimum Gasteiger partial charge on any atom is -0.422 e. The molecule has 0 atom stereocenters. The fraction of sp³-hybridized carbons (Fsp3) is 0.0909. The SMILES string of the molecule is O=C(c1cc2ccccc2oc1=O)N(CCn1cccn1)c1nc2ccccc2s1. The summed E-state index contributed by atoms with van der Waals surface area (Å²) in [5.41, 5.74) is 0.569. The van der Waals surface area contributed by atoms with Gasteiger partial charge in [-0.15, -0.1) is 0 Å². The van der Waals surface area contributed by atoms with Gasteiger partial charge in [-0.25, -0.2) is 9.78 Å². The molecule has 5 rings (SSSR count). The molecule has 0 N–H and O–H groups in total. The minimum atomic E-state index is -0.663. The standard InChI is InChI=1S/C22H16N4O3S/c27-20(16-14-15-6-1-3-8-18(15)29-21(16)28)26(13-12-25-11-5-10-23-25)22-24-17-7-2-4-9-19(17)30-22/h1-11,14H,12-13H2. The van der Waals surface area contributed by atoms with Gasteiger partial charge in [0.1, 0.15) is 11.1 Å². The average Bonchev–Trinajstić information content (AvgIpc) is 3.43. The van der Waals surface area contributed by atoms with E-state index in [0.29, 0.717) is 29.2 Å². The molecule has 0 spiro atoms. The Morgan fingerprint density at radius 2 is 1.93 bits per heavy atom. The van der Waals surface area contributed by atoms with Crippen LogP contribution in [-0.2, 0) is 6.54 Å². The molecule has 30 heavy (non-hydrogen) atoms. The van der Waals surface area contributed by atoms with Crippen molar-refractivity contribution in [2.24, 2.45) is 0 Å². The van der Waals surface area contributed by atoms with Crippen LogP contribution in [0.5, 0.6) is 0 Å². The first-order chi connectivity index (χ1) is 14.7. The second-order valence-electron chi connectivity index (χ2n) is 6.68. The van der Waals surface area contributed by atoms with Crippen molar-refractivity contribution in [3.05, 3.63) is 89.0 Å². The monoisotopic (exact) mass is 416 g/mol. The molecule has 0 fully saturated rings. The highest BCUT2D eigenvalue weighted by Crippen LogP contribution is 2.29. The first-order valence-electron chi connectivity index (χ1n) is 9.37. The van der Waals surface area contributed by atoms with Crippen molar-refractivity contribution >= 4 is 43.6 Å². The molecule has 8 heteroatoms. The van der Waals surface area contributed by atoms with Gasteiger partial charge < -0.3 is 4.42 Å². The molecule has 0 saturated carbocycles. The van der Waals surface area contributed by atoms with Crippen molar-refractivity contribution in [1.82, 2.24) is 14.8 Å². The summed E-state index contributed by atoms with van der Waals surface area (Å²) in [5.74, 6) is -0.444. The molecule has 0 bridgehead atoms. The van der Waals surface area contributed by atoms with E-state index in [9.17, 15) is 9.59 Å². The smallest absolute Gasteiger partial charge is 0.349 e. The number of benzene rings is 2. The Morgan fingerprint density at radius 1 is 1.10 bits per heavy atom. The number of rotatable bonds is 5. The van der Waals surface area contributed by atoms with E-state index in [1.54, 1.807) is 35.1 Å². The van der Waals surface area contributed by atoms with Gasteiger partial charge in [-0.3, -0.25) is 14.4 Å². The first-order valence-corrected chi connectivity index (χ1v) is 10.2. The Kier molecular flexibility index (Phi) is 4.61. The number of anilines is 1. The highest BCUT2D eigenvalue weighted by Gasteiger charge is 2.25. The second kappa shape index (κ2) is 7.57. The summed E-state index contributed by atoms with van der Waals surface area (Å²) in [5, 5.41) is 5.42. The van der Waals surface area contributed by atoms with Gasteiger partial charge in [-0.2, -0.15) is 5.10 Å². The fourth-order valence-corrected chi connectivity index (χ4v) is 4.24. The third-order valence-corrected chi connectivity index (χ3v) is 5.80. The lowest BCUT2D eigenvalue weighted by molar-refractivity contribution is 0.0982. The molecule has 3 aromatic heterocycles. The van der Waals surface area contributed by atoms with E-state index in [4.69, 9.17) is 4.42 Å². The molecular formula is C22H16N4O3S. The van der Waals surface area contributed by atoms with E-state index in [-0.39, 0.29) is 5.56 Å². The number of hydrogen-bond acceptors (Lipinski definition) is 6. The molecule has 0 unspecified atom stereocenters. The Balaban J connectivity index is 1.57. The van der Waals surface area contributed by atoms with Crippen molar-refractivity contribution in [3.63, 3.8) is 0 Å². The predicted octanol–water partition coefficient (Wildman–Crippen LogP) is 3.95. The van der Waals surface area contributed by atoms with E-state index in [1.807, 2.05) is 42.6 Å². The van der Waals surface area contributed by atoms with Gasteiger partial charge in [0, 0.05) is 24.3 Å². The highest BCUT2D eigenvalue weighted by molar-refractivity contribution is 7.22. The predicted molar refractivity (Wildman–Crippen MR) is 116 cm³/mol. The number of nitrogens with zero attached hydrogens (tertiary/aromatic N) is 4. The third kappa shape index (κ3) is 3.37. The molecule has 0 aliphatic carbocycles. The molecule has 0 aliphatic heterocycles. The van der Waals surface area contributed by atoms with Crippen molar-refractivity contribution in [2.45, 2.75) is 6.54 Å². The lowest BCUT2D eigenvalue weighted by Crippen LogP contribution is -2.36. The van der Waals surface area contributed by atoms with Crippen LogP contribution in [0, 0.1) is 0 Å². The third-order valence-electron chi connectivity index (χ3n) is 4.74. The first kappa shape index (κ1) is 18.3. The van der Waals surface area contributed by atoms with Gasteiger partial charge in [0.15, 0.2) is 5.13 Å². The number of amides is 1. The summed E-state index contributed by atoms with van der Waals surface area (Å²) < 4.78 is 8.07. The van der Waals surface area contributed by atoms with Crippen LogP contribution < -0.4 is 10.5 Å².